The molecule has 0 spiro atoms. The summed E-state index contributed by atoms with van der Waals surface area (Å²) in [7, 11) is 1.58. The van der Waals surface area contributed by atoms with E-state index in [1.54, 1.807) is 7.05 Å². The van der Waals surface area contributed by atoms with Crippen molar-refractivity contribution in [3.8, 4) is 0 Å². The highest BCUT2D eigenvalue weighted by molar-refractivity contribution is 5.85. The number of rotatable bonds is 5. The Morgan fingerprint density at radius 2 is 2.21 bits per heavy atom. The Morgan fingerprint density at radius 3 is 2.58 bits per heavy atom. The van der Waals surface area contributed by atoms with Gasteiger partial charge in [-0.25, -0.2) is 0 Å². The molecule has 1 aliphatic carbocycles. The number of hydrogen-bond acceptors (Lipinski definition) is 3. The molecule has 106 valence electrons. The van der Waals surface area contributed by atoms with Gasteiger partial charge in [0, 0.05) is 6.20 Å². The fourth-order valence-corrected chi connectivity index (χ4v) is 2.25. The maximum absolute atomic E-state index is 12.5. The van der Waals surface area contributed by atoms with E-state index in [4.69, 9.17) is 5.73 Å². The van der Waals surface area contributed by atoms with Gasteiger partial charge < -0.3 is 11.1 Å². The van der Waals surface area contributed by atoms with Gasteiger partial charge >= 0.3 is 6.18 Å². The number of nitrogens with zero attached hydrogens (tertiary/aromatic N) is 2. The van der Waals surface area contributed by atoms with Crippen molar-refractivity contribution >= 4 is 5.91 Å². The monoisotopic (exact) mass is 276 g/mol. The summed E-state index contributed by atoms with van der Waals surface area (Å²) in [5, 5.41) is 6.31. The molecular formula is C11H15F3N4O. The van der Waals surface area contributed by atoms with Gasteiger partial charge in [-0.3, -0.25) is 9.48 Å². The predicted molar refractivity (Wildman–Crippen MR) is 60.9 cm³/mol. The van der Waals surface area contributed by atoms with Crippen molar-refractivity contribution in [3.63, 3.8) is 0 Å². The van der Waals surface area contributed by atoms with E-state index in [0.717, 1.165) is 23.6 Å². The minimum atomic E-state index is -4.49. The van der Waals surface area contributed by atoms with Crippen molar-refractivity contribution in [2.24, 2.45) is 11.7 Å². The molecule has 0 bridgehead atoms. The molecule has 1 amide bonds. The van der Waals surface area contributed by atoms with Gasteiger partial charge in [0.2, 0.25) is 5.91 Å². The normalized spacial score (nSPS) is 19.2. The van der Waals surface area contributed by atoms with Crippen LogP contribution in [0.3, 0.4) is 0 Å². The molecule has 2 rings (SSSR count). The molecule has 19 heavy (non-hydrogen) atoms. The molecule has 0 aromatic carbocycles. The lowest BCUT2D eigenvalue weighted by molar-refractivity contribution is -0.141. The third-order valence-corrected chi connectivity index (χ3v) is 3.50. The van der Waals surface area contributed by atoms with Crippen molar-refractivity contribution in [2.75, 3.05) is 7.05 Å². The van der Waals surface area contributed by atoms with E-state index in [1.165, 1.54) is 6.20 Å². The van der Waals surface area contributed by atoms with Crippen molar-refractivity contribution in [1.82, 2.24) is 15.1 Å². The second kappa shape index (κ2) is 4.52. The molecule has 8 heteroatoms. The Labute approximate surface area is 108 Å². The average molecular weight is 276 g/mol. The van der Waals surface area contributed by atoms with E-state index in [9.17, 15) is 18.0 Å². The zero-order valence-corrected chi connectivity index (χ0v) is 10.4. The highest BCUT2D eigenvalue weighted by Crippen LogP contribution is 2.40. The summed E-state index contributed by atoms with van der Waals surface area (Å²) in [5.74, 6) is -0.518. The molecule has 0 radical (unpaired) electrons. The van der Waals surface area contributed by atoms with Crippen molar-refractivity contribution < 1.29 is 18.0 Å². The van der Waals surface area contributed by atoms with E-state index < -0.39 is 23.3 Å². The zero-order chi connectivity index (χ0) is 14.3. The molecule has 3 N–H and O–H groups in total. The second-order valence-electron chi connectivity index (χ2n) is 4.76. The molecule has 0 aliphatic heterocycles. The summed E-state index contributed by atoms with van der Waals surface area (Å²) in [4.78, 5) is 11.6. The molecule has 1 fully saturated rings. The maximum atomic E-state index is 12.5. The Kier molecular flexibility index (Phi) is 3.29. The summed E-state index contributed by atoms with van der Waals surface area (Å²) >= 11 is 0. The fourth-order valence-electron chi connectivity index (χ4n) is 2.25. The molecule has 1 saturated carbocycles. The number of alkyl halides is 3. The first kappa shape index (κ1) is 13.9. The predicted octanol–water partition coefficient (Wildman–Crippen LogP) is 0.755. The fraction of sp³-hybridized carbons (Fsp3) is 0.636. The number of likely N-dealkylation sites (N-methyl/N-ethyl adjacent to an activating group) is 1. The van der Waals surface area contributed by atoms with Crippen LogP contribution in [0.4, 0.5) is 13.2 Å². The van der Waals surface area contributed by atoms with Gasteiger partial charge in [-0.1, -0.05) is 0 Å². The minimum Gasteiger partial charge on any atom is -0.368 e. The van der Waals surface area contributed by atoms with Gasteiger partial charge in [-0.15, -0.1) is 0 Å². The maximum Gasteiger partial charge on any atom is 0.435 e. The summed E-state index contributed by atoms with van der Waals surface area (Å²) < 4.78 is 38.5. The van der Waals surface area contributed by atoms with Crippen LogP contribution in [-0.4, -0.2) is 28.3 Å². The molecule has 1 aromatic heterocycles. The van der Waals surface area contributed by atoms with Crippen LogP contribution < -0.4 is 11.1 Å². The van der Waals surface area contributed by atoms with Crippen LogP contribution >= 0.6 is 0 Å². The molecule has 1 unspecified atom stereocenters. The van der Waals surface area contributed by atoms with E-state index in [1.807, 2.05) is 0 Å². The Bertz CT molecular complexity index is 481. The van der Waals surface area contributed by atoms with Gasteiger partial charge in [0.15, 0.2) is 5.69 Å². The Morgan fingerprint density at radius 1 is 1.58 bits per heavy atom. The van der Waals surface area contributed by atoms with Gasteiger partial charge in [0.05, 0.1) is 6.54 Å². The lowest BCUT2D eigenvalue weighted by Crippen LogP contribution is -2.58. The molecule has 1 aliphatic rings. The van der Waals surface area contributed by atoms with Crippen LogP contribution in [0.2, 0.25) is 0 Å². The Hall–Kier alpha value is -1.57. The van der Waals surface area contributed by atoms with Crippen LogP contribution in [-0.2, 0) is 17.5 Å². The van der Waals surface area contributed by atoms with Crippen LogP contribution in [0.15, 0.2) is 12.3 Å². The lowest BCUT2D eigenvalue weighted by Gasteiger charge is -2.30. The summed E-state index contributed by atoms with van der Waals surface area (Å²) in [6, 6.07) is 0.883. The van der Waals surface area contributed by atoms with Crippen LogP contribution in [0.5, 0.6) is 0 Å². The smallest absolute Gasteiger partial charge is 0.368 e. The first-order valence-electron chi connectivity index (χ1n) is 5.89. The number of carbonyl (C=O) groups is 1. The standard InChI is InChI=1S/C11H15F3N4O/c1-16-10(9(15)19,7-2-3-7)6-18-5-4-8(17-18)11(12,13)14/h4-5,7,16H,2-3,6H2,1H3,(H2,15,19). The minimum absolute atomic E-state index is 0.000417. The van der Waals surface area contributed by atoms with E-state index in [2.05, 4.69) is 10.4 Å². The number of nitrogens with two attached hydrogens (primary N) is 1. The largest absolute Gasteiger partial charge is 0.435 e. The number of halogens is 3. The Balaban J connectivity index is 2.23. The molecule has 5 nitrogen and oxygen atoms in total. The summed E-state index contributed by atoms with van der Waals surface area (Å²) in [6.07, 6.45) is -1.62. The number of carbonyl (C=O) groups excluding carboxylic acids is 1. The van der Waals surface area contributed by atoms with Crippen LogP contribution in [0.1, 0.15) is 18.5 Å². The number of hydrogen-bond donors (Lipinski definition) is 2. The third kappa shape index (κ3) is 2.58. The summed E-state index contributed by atoms with van der Waals surface area (Å²) in [6.45, 7) is -0.000417. The van der Waals surface area contributed by atoms with E-state index >= 15 is 0 Å². The van der Waals surface area contributed by atoms with Crippen molar-refractivity contribution in [3.05, 3.63) is 18.0 Å². The van der Waals surface area contributed by atoms with Gasteiger partial charge in [-0.05, 0) is 31.9 Å². The van der Waals surface area contributed by atoms with Crippen LogP contribution in [0, 0.1) is 5.92 Å². The molecule has 1 atom stereocenters. The number of aromatic nitrogens is 2. The highest BCUT2D eigenvalue weighted by atomic mass is 19.4. The van der Waals surface area contributed by atoms with Gasteiger partial charge in [-0.2, -0.15) is 18.3 Å². The van der Waals surface area contributed by atoms with E-state index in [-0.39, 0.29) is 12.5 Å². The number of amides is 1. The van der Waals surface area contributed by atoms with Crippen LogP contribution in [0.25, 0.3) is 0 Å². The van der Waals surface area contributed by atoms with Crippen molar-refractivity contribution in [2.45, 2.75) is 31.1 Å². The topological polar surface area (TPSA) is 72.9 Å². The first-order chi connectivity index (χ1) is 8.79. The molecule has 1 aromatic rings. The SMILES string of the molecule is CNC(Cn1ccc(C(F)(F)F)n1)(C(N)=O)C1CC1. The molecule has 0 saturated heterocycles. The molecule has 1 heterocycles. The third-order valence-electron chi connectivity index (χ3n) is 3.50. The average Bonchev–Trinajstić information content (AvgIpc) is 3.04. The quantitative estimate of drug-likeness (QED) is 0.833. The molecular weight excluding hydrogens is 261 g/mol. The van der Waals surface area contributed by atoms with Gasteiger partial charge in [0.25, 0.3) is 0 Å². The second-order valence-corrected chi connectivity index (χ2v) is 4.76. The van der Waals surface area contributed by atoms with Gasteiger partial charge in [0.1, 0.15) is 5.54 Å². The van der Waals surface area contributed by atoms with Crippen molar-refractivity contribution in [1.29, 1.82) is 0 Å². The number of primary amides is 1. The highest BCUT2D eigenvalue weighted by Gasteiger charge is 2.49. The van der Waals surface area contributed by atoms with E-state index in [0.29, 0.717) is 0 Å². The zero-order valence-electron chi connectivity index (χ0n) is 10.4. The number of nitrogens with one attached hydrogen (secondary N) is 1. The first-order valence-corrected chi connectivity index (χ1v) is 5.89. The lowest BCUT2D eigenvalue weighted by atomic mass is 9.92. The summed E-state index contributed by atoms with van der Waals surface area (Å²) in [5.41, 5.74) is 3.39.